The Morgan fingerprint density at radius 3 is 2.72 bits per heavy atom. The SMILES string of the molecule is C=CC(=O)NC1CCCN(Cc2ccnc(C(=O)Nc3ccc(-c4cc5c(N6CCOCC6)ncnc5[nH]4)cc3)c2F)C1. The van der Waals surface area contributed by atoms with E-state index in [0.717, 1.165) is 60.6 Å². The first-order chi connectivity index (χ1) is 21.0. The van der Waals surface area contributed by atoms with Crippen molar-refractivity contribution in [2.45, 2.75) is 25.4 Å². The first kappa shape index (κ1) is 28.4. The Hall–Kier alpha value is -4.68. The van der Waals surface area contributed by atoms with Crippen LogP contribution >= 0.6 is 0 Å². The van der Waals surface area contributed by atoms with E-state index >= 15 is 4.39 Å². The van der Waals surface area contributed by atoms with Crippen molar-refractivity contribution in [1.29, 1.82) is 0 Å². The highest BCUT2D eigenvalue weighted by Gasteiger charge is 2.24. The van der Waals surface area contributed by atoms with Crippen LogP contribution in [0.4, 0.5) is 15.9 Å². The molecule has 6 rings (SSSR count). The Balaban J connectivity index is 1.12. The molecule has 222 valence electrons. The Kier molecular flexibility index (Phi) is 8.38. The Morgan fingerprint density at radius 1 is 1.12 bits per heavy atom. The summed E-state index contributed by atoms with van der Waals surface area (Å²) in [4.78, 5) is 45.3. The molecule has 2 aliphatic rings. The average molecular weight is 585 g/mol. The molecule has 3 N–H and O–H groups in total. The predicted octanol–water partition coefficient (Wildman–Crippen LogP) is 3.51. The van der Waals surface area contributed by atoms with Crippen LogP contribution in [0.2, 0.25) is 0 Å². The molecule has 11 nitrogen and oxygen atoms in total. The lowest BCUT2D eigenvalue weighted by Gasteiger charge is -2.33. The molecule has 1 unspecified atom stereocenters. The fourth-order valence-corrected chi connectivity index (χ4v) is 5.61. The molecule has 1 atom stereocenters. The summed E-state index contributed by atoms with van der Waals surface area (Å²) >= 11 is 0. The summed E-state index contributed by atoms with van der Waals surface area (Å²) in [5, 5.41) is 6.60. The molecule has 43 heavy (non-hydrogen) atoms. The molecule has 4 aromatic rings. The largest absolute Gasteiger partial charge is 0.378 e. The minimum Gasteiger partial charge on any atom is -0.378 e. The third kappa shape index (κ3) is 6.40. The lowest BCUT2D eigenvalue weighted by molar-refractivity contribution is -0.117. The average Bonchev–Trinajstić information content (AvgIpc) is 3.48. The monoisotopic (exact) mass is 584 g/mol. The number of nitrogens with zero attached hydrogens (tertiary/aromatic N) is 5. The van der Waals surface area contributed by atoms with Gasteiger partial charge in [0.1, 0.15) is 17.8 Å². The van der Waals surface area contributed by atoms with E-state index < -0.39 is 11.7 Å². The van der Waals surface area contributed by atoms with E-state index in [4.69, 9.17) is 4.74 Å². The molecule has 0 spiro atoms. The maximum atomic E-state index is 15.4. The number of nitrogens with one attached hydrogen (secondary N) is 3. The minimum absolute atomic E-state index is 0.0287. The summed E-state index contributed by atoms with van der Waals surface area (Å²) in [7, 11) is 0. The van der Waals surface area contributed by atoms with E-state index in [0.29, 0.717) is 37.6 Å². The number of hydrogen-bond donors (Lipinski definition) is 3. The second-order valence-electron chi connectivity index (χ2n) is 10.7. The Bertz CT molecular complexity index is 1630. The van der Waals surface area contributed by atoms with Gasteiger partial charge in [-0.1, -0.05) is 18.7 Å². The van der Waals surface area contributed by atoms with Crippen molar-refractivity contribution in [2.75, 3.05) is 49.6 Å². The zero-order valence-electron chi connectivity index (χ0n) is 23.7. The van der Waals surface area contributed by atoms with Gasteiger partial charge in [-0.15, -0.1) is 0 Å². The number of carbonyl (C=O) groups excluding carboxylic acids is 2. The molecular formula is C31H33FN8O3. The van der Waals surface area contributed by atoms with Crippen molar-refractivity contribution >= 4 is 34.4 Å². The second kappa shape index (κ2) is 12.7. The van der Waals surface area contributed by atoms with Crippen molar-refractivity contribution in [1.82, 2.24) is 30.2 Å². The normalized spacial score (nSPS) is 17.5. The fraction of sp³-hybridized carbons (Fsp3) is 0.323. The summed E-state index contributed by atoms with van der Waals surface area (Å²) in [6.45, 7) is 8.04. The number of pyridine rings is 1. The van der Waals surface area contributed by atoms with Gasteiger partial charge in [0, 0.05) is 55.4 Å². The predicted molar refractivity (Wildman–Crippen MR) is 161 cm³/mol. The van der Waals surface area contributed by atoms with E-state index in [1.807, 2.05) is 18.2 Å². The lowest BCUT2D eigenvalue weighted by Crippen LogP contribution is -2.47. The molecule has 3 aromatic heterocycles. The Labute approximate surface area is 248 Å². The molecule has 0 saturated carbocycles. The maximum absolute atomic E-state index is 15.4. The van der Waals surface area contributed by atoms with Crippen LogP contribution < -0.4 is 15.5 Å². The number of amides is 2. The van der Waals surface area contributed by atoms with Gasteiger partial charge in [-0.2, -0.15) is 0 Å². The number of H-pyrrole nitrogens is 1. The van der Waals surface area contributed by atoms with Crippen molar-refractivity contribution < 1.29 is 18.7 Å². The molecule has 0 bridgehead atoms. The number of morpholine rings is 1. The van der Waals surface area contributed by atoms with Gasteiger partial charge in [-0.25, -0.2) is 19.3 Å². The van der Waals surface area contributed by atoms with Crippen molar-refractivity contribution in [3.8, 4) is 11.3 Å². The van der Waals surface area contributed by atoms with Gasteiger partial charge >= 0.3 is 0 Å². The highest BCUT2D eigenvalue weighted by atomic mass is 19.1. The molecule has 5 heterocycles. The quantitative estimate of drug-likeness (QED) is 0.269. The van der Waals surface area contributed by atoms with Crippen molar-refractivity contribution in [2.24, 2.45) is 0 Å². The third-order valence-electron chi connectivity index (χ3n) is 7.78. The standard InChI is InChI=1S/C31H33FN8O3/c1-2-26(41)36-23-4-3-11-39(18-23)17-21-9-10-33-28(27(21)32)31(42)37-22-7-5-20(6-8-22)25-16-24-29(38-25)34-19-35-30(24)40-12-14-43-15-13-40/h2,5-10,16,19,23H,1,3-4,11-15,17-18H2,(H,36,41)(H,37,42)(H,34,35,38). The molecule has 2 fully saturated rings. The van der Waals surface area contributed by atoms with Crippen LogP contribution in [0.3, 0.4) is 0 Å². The molecule has 1 aromatic carbocycles. The van der Waals surface area contributed by atoms with E-state index in [9.17, 15) is 9.59 Å². The second-order valence-corrected chi connectivity index (χ2v) is 10.7. The highest BCUT2D eigenvalue weighted by Crippen LogP contribution is 2.30. The van der Waals surface area contributed by atoms with Crippen LogP contribution in [0.25, 0.3) is 22.3 Å². The van der Waals surface area contributed by atoms with Gasteiger partial charge in [-0.3, -0.25) is 14.5 Å². The summed E-state index contributed by atoms with van der Waals surface area (Å²) in [6.07, 6.45) is 5.98. The van der Waals surface area contributed by atoms with Crippen LogP contribution in [0.1, 0.15) is 28.9 Å². The molecule has 2 aliphatic heterocycles. The minimum atomic E-state index is -0.649. The lowest BCUT2D eigenvalue weighted by atomic mass is 10.0. The smallest absolute Gasteiger partial charge is 0.277 e. The number of rotatable bonds is 8. The van der Waals surface area contributed by atoms with Gasteiger partial charge in [0.15, 0.2) is 11.5 Å². The van der Waals surface area contributed by atoms with Crippen LogP contribution in [-0.4, -0.2) is 82.1 Å². The number of hydrogen-bond acceptors (Lipinski definition) is 8. The number of ether oxygens (including phenoxy) is 1. The molecule has 2 saturated heterocycles. The number of aromatic amines is 1. The molecule has 2 amide bonds. The van der Waals surface area contributed by atoms with Crippen LogP contribution in [0.15, 0.2) is 61.6 Å². The number of anilines is 2. The van der Waals surface area contributed by atoms with E-state index in [1.54, 1.807) is 24.5 Å². The van der Waals surface area contributed by atoms with Gasteiger partial charge in [-0.05, 0) is 55.3 Å². The summed E-state index contributed by atoms with van der Waals surface area (Å²) < 4.78 is 20.9. The number of halogens is 1. The fourth-order valence-electron chi connectivity index (χ4n) is 5.61. The van der Waals surface area contributed by atoms with Gasteiger partial charge in [0.05, 0.1) is 18.6 Å². The maximum Gasteiger partial charge on any atom is 0.277 e. The molecule has 0 radical (unpaired) electrons. The Morgan fingerprint density at radius 2 is 1.93 bits per heavy atom. The topological polar surface area (TPSA) is 128 Å². The van der Waals surface area contributed by atoms with Crippen LogP contribution in [0, 0.1) is 5.82 Å². The number of fused-ring (bicyclic) bond motifs is 1. The van der Waals surface area contributed by atoms with E-state index in [-0.39, 0.29) is 17.6 Å². The molecule has 12 heteroatoms. The zero-order chi connectivity index (χ0) is 29.8. The first-order valence-corrected chi connectivity index (χ1v) is 14.4. The van der Waals surface area contributed by atoms with Crippen molar-refractivity contribution in [3.63, 3.8) is 0 Å². The van der Waals surface area contributed by atoms with Crippen LogP contribution in [-0.2, 0) is 16.1 Å². The molecular weight excluding hydrogens is 551 g/mol. The van der Waals surface area contributed by atoms with Crippen molar-refractivity contribution in [3.05, 3.63) is 78.7 Å². The van der Waals surface area contributed by atoms with E-state index in [1.165, 1.54) is 12.3 Å². The van der Waals surface area contributed by atoms with E-state index in [2.05, 4.69) is 46.9 Å². The first-order valence-electron chi connectivity index (χ1n) is 14.4. The third-order valence-corrected chi connectivity index (χ3v) is 7.78. The van der Waals surface area contributed by atoms with Gasteiger partial charge < -0.3 is 25.3 Å². The summed E-state index contributed by atoms with van der Waals surface area (Å²) in [5.41, 5.74) is 3.14. The van der Waals surface area contributed by atoms with Gasteiger partial charge in [0.25, 0.3) is 5.91 Å². The summed E-state index contributed by atoms with van der Waals surface area (Å²) in [6, 6.07) is 10.9. The number of carbonyl (C=O) groups is 2. The van der Waals surface area contributed by atoms with Gasteiger partial charge in [0.2, 0.25) is 5.91 Å². The number of benzene rings is 1. The highest BCUT2D eigenvalue weighted by molar-refractivity contribution is 6.03. The molecule has 0 aliphatic carbocycles. The zero-order valence-corrected chi connectivity index (χ0v) is 23.7. The van der Waals surface area contributed by atoms with Crippen LogP contribution in [0.5, 0.6) is 0 Å². The number of piperidine rings is 1. The summed E-state index contributed by atoms with van der Waals surface area (Å²) in [5.74, 6) is -0.625. The number of likely N-dealkylation sites (tertiary alicyclic amines) is 1. The number of aromatic nitrogens is 4.